The Morgan fingerprint density at radius 3 is 2.55 bits per heavy atom. The van der Waals surface area contributed by atoms with Crippen LogP contribution < -0.4 is 5.32 Å². The van der Waals surface area contributed by atoms with Gasteiger partial charge in [0.2, 0.25) is 5.95 Å². The first-order chi connectivity index (χ1) is 9.83. The first kappa shape index (κ1) is 13.1. The molecule has 1 fully saturated rings. The molecule has 3 heteroatoms. The fraction of sp³-hybridized carbons (Fsp3) is 0.412. The number of nitrogens with zero attached hydrogens (tertiary/aromatic N) is 2. The Hall–Kier alpha value is -1.90. The molecule has 0 bridgehead atoms. The third-order valence-corrected chi connectivity index (χ3v) is 4.07. The van der Waals surface area contributed by atoms with Crippen molar-refractivity contribution in [2.75, 3.05) is 5.32 Å². The van der Waals surface area contributed by atoms with Crippen molar-refractivity contribution >= 4 is 11.6 Å². The van der Waals surface area contributed by atoms with Crippen molar-refractivity contribution in [3.63, 3.8) is 0 Å². The smallest absolute Gasteiger partial charge is 0.227 e. The molecule has 3 nitrogen and oxygen atoms in total. The lowest BCUT2D eigenvalue weighted by atomic mass is 9.83. The molecule has 0 unspecified atom stereocenters. The van der Waals surface area contributed by atoms with Gasteiger partial charge in [0.05, 0.1) is 0 Å². The van der Waals surface area contributed by atoms with Crippen LogP contribution in [0.2, 0.25) is 0 Å². The number of rotatable bonds is 3. The van der Waals surface area contributed by atoms with Gasteiger partial charge >= 0.3 is 0 Å². The third kappa shape index (κ3) is 2.98. The number of hydrogen-bond acceptors (Lipinski definition) is 3. The Kier molecular flexibility index (Phi) is 3.95. The van der Waals surface area contributed by atoms with Gasteiger partial charge in [-0.2, -0.15) is 0 Å². The molecule has 1 aliphatic carbocycles. The van der Waals surface area contributed by atoms with Gasteiger partial charge in [-0.1, -0.05) is 31.4 Å². The molecule has 0 spiro atoms. The molecule has 1 aromatic carbocycles. The fourth-order valence-electron chi connectivity index (χ4n) is 3.03. The number of hydrogen-bond donors (Lipinski definition) is 1. The molecule has 20 heavy (non-hydrogen) atoms. The predicted octanol–water partition coefficient (Wildman–Crippen LogP) is 4.58. The van der Waals surface area contributed by atoms with Crippen LogP contribution in [0.5, 0.6) is 0 Å². The van der Waals surface area contributed by atoms with E-state index < -0.39 is 0 Å². The van der Waals surface area contributed by atoms with E-state index >= 15 is 0 Å². The second kappa shape index (κ2) is 6.04. The highest BCUT2D eigenvalue weighted by Crippen LogP contribution is 2.37. The van der Waals surface area contributed by atoms with Crippen LogP contribution in [0.15, 0.2) is 36.7 Å². The average molecular weight is 267 g/mol. The summed E-state index contributed by atoms with van der Waals surface area (Å²) in [7, 11) is 0. The second-order valence-corrected chi connectivity index (χ2v) is 5.62. The van der Waals surface area contributed by atoms with Gasteiger partial charge in [0.1, 0.15) is 0 Å². The molecule has 0 saturated heterocycles. The van der Waals surface area contributed by atoms with Gasteiger partial charge < -0.3 is 5.32 Å². The van der Waals surface area contributed by atoms with E-state index in [-0.39, 0.29) is 0 Å². The summed E-state index contributed by atoms with van der Waals surface area (Å²) in [5.74, 6) is 1.35. The lowest BCUT2D eigenvalue weighted by Crippen LogP contribution is -2.08. The highest BCUT2D eigenvalue weighted by molar-refractivity contribution is 5.60. The van der Waals surface area contributed by atoms with Crippen molar-refractivity contribution in [3.05, 3.63) is 47.8 Å². The Morgan fingerprint density at radius 2 is 1.80 bits per heavy atom. The summed E-state index contributed by atoms with van der Waals surface area (Å²) in [5.41, 5.74) is 3.86. The SMILES string of the molecule is Cc1ccc(C2CCCCC2)c(Nc2ncccn2)c1. The van der Waals surface area contributed by atoms with Gasteiger partial charge in [0.25, 0.3) is 0 Å². The molecule has 1 aromatic heterocycles. The minimum atomic E-state index is 0.676. The van der Waals surface area contributed by atoms with E-state index in [1.165, 1.54) is 48.9 Å². The Bertz CT molecular complexity index is 560. The summed E-state index contributed by atoms with van der Waals surface area (Å²) in [6.07, 6.45) is 10.2. The van der Waals surface area contributed by atoms with E-state index in [1.807, 2.05) is 6.07 Å². The van der Waals surface area contributed by atoms with Crippen LogP contribution in [0.3, 0.4) is 0 Å². The Balaban J connectivity index is 1.89. The first-order valence-electron chi connectivity index (χ1n) is 7.47. The zero-order chi connectivity index (χ0) is 13.8. The van der Waals surface area contributed by atoms with Crippen LogP contribution >= 0.6 is 0 Å². The molecule has 0 aliphatic heterocycles. The number of nitrogens with one attached hydrogen (secondary N) is 1. The fourth-order valence-corrected chi connectivity index (χ4v) is 3.03. The van der Waals surface area contributed by atoms with E-state index in [1.54, 1.807) is 12.4 Å². The van der Waals surface area contributed by atoms with E-state index in [4.69, 9.17) is 0 Å². The van der Waals surface area contributed by atoms with Gasteiger partial charge in [-0.25, -0.2) is 9.97 Å². The van der Waals surface area contributed by atoms with Crippen LogP contribution in [0.1, 0.15) is 49.1 Å². The van der Waals surface area contributed by atoms with Crippen molar-refractivity contribution in [2.45, 2.75) is 44.9 Å². The summed E-state index contributed by atoms with van der Waals surface area (Å²) in [6.45, 7) is 2.13. The predicted molar refractivity (Wildman–Crippen MR) is 82.3 cm³/mol. The molecule has 1 aliphatic rings. The Morgan fingerprint density at radius 1 is 1.05 bits per heavy atom. The number of benzene rings is 1. The van der Waals surface area contributed by atoms with Crippen molar-refractivity contribution in [1.29, 1.82) is 0 Å². The van der Waals surface area contributed by atoms with Crippen molar-refractivity contribution < 1.29 is 0 Å². The Labute approximate surface area is 120 Å². The molecule has 1 heterocycles. The van der Waals surface area contributed by atoms with Gasteiger partial charge in [0.15, 0.2) is 0 Å². The molecule has 0 radical (unpaired) electrons. The molecule has 0 atom stereocenters. The maximum Gasteiger partial charge on any atom is 0.227 e. The number of aryl methyl sites for hydroxylation is 1. The highest BCUT2D eigenvalue weighted by atomic mass is 15.1. The maximum absolute atomic E-state index is 4.27. The quantitative estimate of drug-likeness (QED) is 0.884. The zero-order valence-corrected chi connectivity index (χ0v) is 12.0. The summed E-state index contributed by atoms with van der Waals surface area (Å²) in [4.78, 5) is 8.54. The van der Waals surface area contributed by atoms with Crippen molar-refractivity contribution in [2.24, 2.45) is 0 Å². The van der Waals surface area contributed by atoms with E-state index in [2.05, 4.69) is 40.4 Å². The summed E-state index contributed by atoms with van der Waals surface area (Å²) < 4.78 is 0. The van der Waals surface area contributed by atoms with Crippen LogP contribution in [-0.2, 0) is 0 Å². The van der Waals surface area contributed by atoms with Crippen LogP contribution in [0.4, 0.5) is 11.6 Å². The highest BCUT2D eigenvalue weighted by Gasteiger charge is 2.18. The average Bonchev–Trinajstić information content (AvgIpc) is 2.49. The number of aromatic nitrogens is 2. The summed E-state index contributed by atoms with van der Waals surface area (Å²) in [6, 6.07) is 8.53. The van der Waals surface area contributed by atoms with Gasteiger partial charge in [-0.05, 0) is 48.9 Å². The van der Waals surface area contributed by atoms with E-state index in [0.717, 1.165) is 0 Å². The lowest BCUT2D eigenvalue weighted by Gasteiger charge is -2.24. The lowest BCUT2D eigenvalue weighted by molar-refractivity contribution is 0.444. The van der Waals surface area contributed by atoms with Crippen LogP contribution in [0.25, 0.3) is 0 Å². The second-order valence-electron chi connectivity index (χ2n) is 5.62. The molecular formula is C17H21N3. The molecule has 3 rings (SSSR count). The summed E-state index contributed by atoms with van der Waals surface area (Å²) >= 11 is 0. The van der Waals surface area contributed by atoms with Crippen molar-refractivity contribution in [3.8, 4) is 0 Å². The van der Waals surface area contributed by atoms with Gasteiger partial charge in [0, 0.05) is 18.1 Å². The normalized spacial score (nSPS) is 16.1. The molecule has 1 N–H and O–H groups in total. The van der Waals surface area contributed by atoms with Gasteiger partial charge in [-0.15, -0.1) is 0 Å². The first-order valence-corrected chi connectivity index (χ1v) is 7.47. The largest absolute Gasteiger partial charge is 0.324 e. The van der Waals surface area contributed by atoms with Crippen LogP contribution in [-0.4, -0.2) is 9.97 Å². The van der Waals surface area contributed by atoms with Crippen molar-refractivity contribution in [1.82, 2.24) is 9.97 Å². The number of anilines is 2. The standard InChI is InChI=1S/C17H21N3/c1-13-8-9-15(14-6-3-2-4-7-14)16(12-13)20-17-18-10-5-11-19-17/h5,8-12,14H,2-4,6-7H2,1H3,(H,18,19,20). The molecule has 1 saturated carbocycles. The monoisotopic (exact) mass is 267 g/mol. The minimum Gasteiger partial charge on any atom is -0.324 e. The molecule has 2 aromatic rings. The topological polar surface area (TPSA) is 37.8 Å². The molecule has 104 valence electrons. The third-order valence-electron chi connectivity index (χ3n) is 4.07. The zero-order valence-electron chi connectivity index (χ0n) is 12.0. The molecular weight excluding hydrogens is 246 g/mol. The maximum atomic E-state index is 4.27. The van der Waals surface area contributed by atoms with Gasteiger partial charge in [-0.3, -0.25) is 0 Å². The molecule has 0 amide bonds. The summed E-state index contributed by atoms with van der Waals surface area (Å²) in [5, 5.41) is 3.39. The van der Waals surface area contributed by atoms with E-state index in [9.17, 15) is 0 Å². The minimum absolute atomic E-state index is 0.676. The van der Waals surface area contributed by atoms with E-state index in [0.29, 0.717) is 11.9 Å². The van der Waals surface area contributed by atoms with Crippen LogP contribution in [0, 0.1) is 6.92 Å².